The lowest BCUT2D eigenvalue weighted by atomic mass is 10.1. The first-order valence-corrected chi connectivity index (χ1v) is 9.60. The van der Waals surface area contributed by atoms with Crippen LogP contribution in [0.5, 0.6) is 0 Å². The minimum absolute atomic E-state index is 0.260. The Morgan fingerprint density at radius 2 is 1.96 bits per heavy atom. The van der Waals surface area contributed by atoms with Gasteiger partial charge in [0.15, 0.2) is 5.17 Å². The molecule has 0 radical (unpaired) electrons. The Kier molecular flexibility index (Phi) is 6.03. The standard InChI is InChI=1S/C18H13Cl2F3N2OS/c19-13-4-5-15(20)14(9-13)16(26)25-7-6-24-17(25)27-10-11-2-1-3-12(8-11)18(21,22)23/h1-5,8-9H,6-7,10H2. The SMILES string of the molecule is O=C(c1cc(Cl)ccc1Cl)N1CCN=C1SCc1cccc(C(F)(F)F)c1. The topological polar surface area (TPSA) is 32.7 Å². The Balaban J connectivity index is 1.72. The lowest BCUT2D eigenvalue weighted by Gasteiger charge is -2.19. The van der Waals surface area contributed by atoms with E-state index >= 15 is 0 Å². The molecule has 1 heterocycles. The highest BCUT2D eigenvalue weighted by atomic mass is 35.5. The third-order valence-corrected chi connectivity index (χ3v) is 5.48. The number of hydrogen-bond acceptors (Lipinski definition) is 3. The second-order valence-electron chi connectivity index (χ2n) is 5.73. The van der Waals surface area contributed by atoms with Gasteiger partial charge in [0.1, 0.15) is 0 Å². The largest absolute Gasteiger partial charge is 0.416 e. The fourth-order valence-corrected chi connectivity index (χ4v) is 3.89. The number of hydrogen-bond donors (Lipinski definition) is 0. The fraction of sp³-hybridized carbons (Fsp3) is 0.222. The van der Waals surface area contributed by atoms with Gasteiger partial charge in [0.25, 0.3) is 5.91 Å². The number of rotatable bonds is 3. The number of benzene rings is 2. The van der Waals surface area contributed by atoms with Gasteiger partial charge in [0, 0.05) is 17.3 Å². The number of nitrogens with zero attached hydrogens (tertiary/aromatic N) is 2. The van der Waals surface area contributed by atoms with Crippen molar-refractivity contribution in [3.05, 3.63) is 69.2 Å². The molecule has 1 aliphatic rings. The van der Waals surface area contributed by atoms with Gasteiger partial charge in [-0.05, 0) is 29.8 Å². The second-order valence-corrected chi connectivity index (χ2v) is 7.52. The Hall–Kier alpha value is -1.70. The smallest absolute Gasteiger partial charge is 0.286 e. The maximum atomic E-state index is 12.8. The van der Waals surface area contributed by atoms with Crippen LogP contribution >= 0.6 is 35.0 Å². The summed E-state index contributed by atoms with van der Waals surface area (Å²) in [5.74, 6) is -0.0780. The Labute approximate surface area is 168 Å². The number of halogens is 5. The first-order chi connectivity index (χ1) is 12.8. The van der Waals surface area contributed by atoms with E-state index in [0.29, 0.717) is 28.8 Å². The van der Waals surface area contributed by atoms with Crippen LogP contribution < -0.4 is 0 Å². The van der Waals surface area contributed by atoms with Crippen LogP contribution in [-0.4, -0.2) is 29.1 Å². The highest BCUT2D eigenvalue weighted by molar-refractivity contribution is 8.13. The molecule has 3 rings (SSSR count). The monoisotopic (exact) mass is 432 g/mol. The fourth-order valence-electron chi connectivity index (χ4n) is 2.53. The van der Waals surface area contributed by atoms with Crippen LogP contribution in [0.25, 0.3) is 0 Å². The zero-order valence-electron chi connectivity index (χ0n) is 13.8. The third kappa shape index (κ3) is 4.78. The first kappa shape index (κ1) is 20.0. The summed E-state index contributed by atoms with van der Waals surface area (Å²) in [6, 6.07) is 9.71. The van der Waals surface area contributed by atoms with E-state index in [1.54, 1.807) is 18.2 Å². The number of thioether (sulfide) groups is 1. The van der Waals surface area contributed by atoms with Crippen molar-refractivity contribution in [1.82, 2.24) is 4.90 Å². The highest BCUT2D eigenvalue weighted by Gasteiger charge is 2.31. The number of amides is 1. The molecule has 9 heteroatoms. The van der Waals surface area contributed by atoms with E-state index in [4.69, 9.17) is 23.2 Å². The molecular weight excluding hydrogens is 420 g/mol. The summed E-state index contributed by atoms with van der Waals surface area (Å²) in [4.78, 5) is 18.5. The van der Waals surface area contributed by atoms with Crippen molar-refractivity contribution in [2.45, 2.75) is 11.9 Å². The molecule has 27 heavy (non-hydrogen) atoms. The quantitative estimate of drug-likeness (QED) is 0.617. The molecule has 1 aliphatic heterocycles. The molecule has 2 aromatic carbocycles. The number of carbonyl (C=O) groups is 1. The average Bonchev–Trinajstić information content (AvgIpc) is 3.09. The molecule has 1 amide bonds. The molecule has 0 aliphatic carbocycles. The number of aliphatic imine (C=N–C) groups is 1. The van der Waals surface area contributed by atoms with Crippen LogP contribution in [0.1, 0.15) is 21.5 Å². The molecular formula is C18H13Cl2F3N2OS. The molecule has 0 unspecified atom stereocenters. The molecule has 0 bridgehead atoms. The summed E-state index contributed by atoms with van der Waals surface area (Å²) < 4.78 is 38.5. The summed E-state index contributed by atoms with van der Waals surface area (Å²) in [6.07, 6.45) is -4.39. The Morgan fingerprint density at radius 1 is 1.19 bits per heavy atom. The molecule has 0 atom stereocenters. The van der Waals surface area contributed by atoms with Gasteiger partial charge in [-0.3, -0.25) is 14.7 Å². The minimum Gasteiger partial charge on any atom is -0.286 e. The number of alkyl halides is 3. The molecule has 142 valence electrons. The summed E-state index contributed by atoms with van der Waals surface area (Å²) in [7, 11) is 0. The predicted molar refractivity (Wildman–Crippen MR) is 103 cm³/mol. The average molecular weight is 433 g/mol. The maximum Gasteiger partial charge on any atom is 0.416 e. The van der Waals surface area contributed by atoms with E-state index in [2.05, 4.69) is 4.99 Å². The number of carbonyl (C=O) groups excluding carboxylic acids is 1. The van der Waals surface area contributed by atoms with Crippen LogP contribution in [-0.2, 0) is 11.9 Å². The predicted octanol–water partition coefficient (Wildman–Crippen LogP) is 5.76. The van der Waals surface area contributed by atoms with Crippen LogP contribution in [0.15, 0.2) is 47.5 Å². The van der Waals surface area contributed by atoms with Gasteiger partial charge in [-0.25, -0.2) is 0 Å². The summed E-state index contributed by atoms with van der Waals surface area (Å²) >= 11 is 13.2. The van der Waals surface area contributed by atoms with Crippen molar-refractivity contribution in [2.24, 2.45) is 4.99 Å². The minimum atomic E-state index is -4.39. The molecule has 0 N–H and O–H groups in total. The van der Waals surface area contributed by atoms with E-state index in [1.165, 1.54) is 28.8 Å². The molecule has 0 spiro atoms. The Morgan fingerprint density at radius 3 is 2.70 bits per heavy atom. The van der Waals surface area contributed by atoms with E-state index in [9.17, 15) is 18.0 Å². The van der Waals surface area contributed by atoms with Crippen molar-refractivity contribution < 1.29 is 18.0 Å². The van der Waals surface area contributed by atoms with Crippen molar-refractivity contribution in [3.8, 4) is 0 Å². The Bertz CT molecular complexity index is 902. The van der Waals surface area contributed by atoms with E-state index in [1.807, 2.05) is 0 Å². The highest BCUT2D eigenvalue weighted by Crippen LogP contribution is 2.31. The van der Waals surface area contributed by atoms with Gasteiger partial charge >= 0.3 is 6.18 Å². The second kappa shape index (κ2) is 8.12. The molecule has 2 aromatic rings. The molecule has 0 fully saturated rings. The van der Waals surface area contributed by atoms with Crippen molar-refractivity contribution in [2.75, 3.05) is 13.1 Å². The van der Waals surface area contributed by atoms with Crippen molar-refractivity contribution >= 4 is 46.0 Å². The molecule has 0 aromatic heterocycles. The van der Waals surface area contributed by atoms with Crippen LogP contribution in [0, 0.1) is 0 Å². The van der Waals surface area contributed by atoms with Crippen molar-refractivity contribution in [3.63, 3.8) is 0 Å². The first-order valence-electron chi connectivity index (χ1n) is 7.86. The summed E-state index contributed by atoms with van der Waals surface area (Å²) in [6.45, 7) is 0.807. The zero-order chi connectivity index (χ0) is 19.6. The van der Waals surface area contributed by atoms with Gasteiger partial charge in [0.2, 0.25) is 0 Å². The van der Waals surface area contributed by atoms with Gasteiger partial charge in [-0.1, -0.05) is 53.2 Å². The van der Waals surface area contributed by atoms with Crippen LogP contribution in [0.2, 0.25) is 10.0 Å². The normalized spacial score (nSPS) is 14.4. The molecule has 3 nitrogen and oxygen atoms in total. The maximum absolute atomic E-state index is 12.8. The lowest BCUT2D eigenvalue weighted by Crippen LogP contribution is -2.33. The van der Waals surface area contributed by atoms with E-state index in [-0.39, 0.29) is 22.2 Å². The lowest BCUT2D eigenvalue weighted by molar-refractivity contribution is -0.137. The summed E-state index contributed by atoms with van der Waals surface area (Å²) in [5.41, 5.74) is 0.0589. The van der Waals surface area contributed by atoms with Crippen molar-refractivity contribution in [1.29, 1.82) is 0 Å². The van der Waals surface area contributed by atoms with Gasteiger partial charge in [0.05, 0.1) is 22.7 Å². The molecule has 0 saturated heterocycles. The van der Waals surface area contributed by atoms with E-state index < -0.39 is 11.7 Å². The van der Waals surface area contributed by atoms with Gasteiger partial charge < -0.3 is 0 Å². The number of amidine groups is 1. The van der Waals surface area contributed by atoms with Gasteiger partial charge in [-0.2, -0.15) is 13.2 Å². The third-order valence-electron chi connectivity index (χ3n) is 3.83. The van der Waals surface area contributed by atoms with E-state index in [0.717, 1.165) is 12.1 Å². The van der Waals surface area contributed by atoms with Crippen LogP contribution in [0.4, 0.5) is 13.2 Å². The van der Waals surface area contributed by atoms with Crippen LogP contribution in [0.3, 0.4) is 0 Å². The molecule has 0 saturated carbocycles. The summed E-state index contributed by atoms with van der Waals surface area (Å²) in [5, 5.41) is 1.11. The van der Waals surface area contributed by atoms with Gasteiger partial charge in [-0.15, -0.1) is 0 Å². The zero-order valence-corrected chi connectivity index (χ0v) is 16.1.